The summed E-state index contributed by atoms with van der Waals surface area (Å²) in [6, 6.07) is 7.51. The van der Waals surface area contributed by atoms with Gasteiger partial charge in [0.05, 0.1) is 6.10 Å². The van der Waals surface area contributed by atoms with Crippen LogP contribution in [0.15, 0.2) is 24.3 Å². The lowest BCUT2D eigenvalue weighted by atomic mass is 9.76. The maximum atomic E-state index is 13.1. The summed E-state index contributed by atoms with van der Waals surface area (Å²) in [5, 5.41) is 3.47. The Balaban J connectivity index is 1.75. The second-order valence-electron chi connectivity index (χ2n) is 4.87. The molecule has 0 amide bonds. The first kappa shape index (κ1) is 12.5. The van der Waals surface area contributed by atoms with Crippen LogP contribution in [-0.2, 0) is 4.74 Å². The monoisotopic (exact) mass is 237 g/mol. The number of hydrogen-bond acceptors (Lipinski definition) is 2. The van der Waals surface area contributed by atoms with Gasteiger partial charge in [0.15, 0.2) is 0 Å². The molecular weight excluding hydrogens is 217 g/mol. The average Bonchev–Trinajstić information content (AvgIpc) is 2.26. The van der Waals surface area contributed by atoms with E-state index in [-0.39, 0.29) is 11.9 Å². The lowest BCUT2D eigenvalue weighted by Crippen LogP contribution is -2.43. The Labute approximate surface area is 102 Å². The summed E-state index contributed by atoms with van der Waals surface area (Å²) in [6.45, 7) is 2.94. The second-order valence-corrected chi connectivity index (χ2v) is 4.87. The van der Waals surface area contributed by atoms with E-state index in [2.05, 4.69) is 12.2 Å². The highest BCUT2D eigenvalue weighted by Crippen LogP contribution is 2.36. The first-order valence-electron chi connectivity index (χ1n) is 6.20. The van der Waals surface area contributed by atoms with Crippen molar-refractivity contribution in [3.8, 4) is 0 Å². The maximum Gasteiger partial charge on any atom is 0.123 e. The van der Waals surface area contributed by atoms with Gasteiger partial charge in [0.25, 0.3) is 0 Å². The van der Waals surface area contributed by atoms with Gasteiger partial charge in [-0.15, -0.1) is 0 Å². The minimum Gasteiger partial charge on any atom is -0.380 e. The lowest BCUT2D eigenvalue weighted by Gasteiger charge is -2.37. The van der Waals surface area contributed by atoms with Gasteiger partial charge in [-0.1, -0.05) is 12.1 Å². The fourth-order valence-corrected chi connectivity index (χ4v) is 2.23. The van der Waals surface area contributed by atoms with Crippen LogP contribution < -0.4 is 5.32 Å². The molecule has 1 N–H and O–H groups in total. The molecule has 1 aromatic carbocycles. The van der Waals surface area contributed by atoms with E-state index in [0.717, 1.165) is 24.9 Å². The van der Waals surface area contributed by atoms with E-state index in [4.69, 9.17) is 4.74 Å². The molecule has 1 aliphatic carbocycles. The van der Waals surface area contributed by atoms with Gasteiger partial charge in [0.1, 0.15) is 5.82 Å². The molecule has 0 aromatic heterocycles. The highest BCUT2D eigenvalue weighted by molar-refractivity contribution is 5.23. The van der Waals surface area contributed by atoms with Crippen LogP contribution in [0.4, 0.5) is 4.39 Å². The number of ether oxygens (including phenoxy) is 1. The summed E-state index contributed by atoms with van der Waals surface area (Å²) in [6.07, 6.45) is 2.45. The van der Waals surface area contributed by atoms with Crippen molar-refractivity contribution >= 4 is 0 Å². The molecule has 1 saturated carbocycles. The van der Waals surface area contributed by atoms with Gasteiger partial charge in [-0.25, -0.2) is 4.39 Å². The first-order chi connectivity index (χ1) is 8.19. The number of methoxy groups -OCH3 is 1. The molecule has 0 aliphatic heterocycles. The molecule has 1 fully saturated rings. The van der Waals surface area contributed by atoms with Crippen molar-refractivity contribution in [3.63, 3.8) is 0 Å². The molecule has 2 rings (SSSR count). The number of halogens is 1. The summed E-state index contributed by atoms with van der Waals surface area (Å²) in [5.41, 5.74) is 1.13. The normalized spacial score (nSPS) is 25.4. The Bertz CT molecular complexity index is 363. The smallest absolute Gasteiger partial charge is 0.123 e. The Morgan fingerprint density at radius 2 is 2.24 bits per heavy atom. The number of hydrogen-bond donors (Lipinski definition) is 1. The lowest BCUT2D eigenvalue weighted by molar-refractivity contribution is 0.108. The summed E-state index contributed by atoms with van der Waals surface area (Å²) in [5.74, 6) is 0.382. The van der Waals surface area contributed by atoms with Gasteiger partial charge in [-0.05, 0) is 43.4 Å². The van der Waals surface area contributed by atoms with Crippen molar-refractivity contribution in [2.24, 2.45) is 0 Å². The van der Waals surface area contributed by atoms with Crippen LogP contribution in [0, 0.1) is 5.82 Å². The average molecular weight is 237 g/mol. The SMILES string of the molecule is COC(C)CNC1CC(c2cccc(F)c2)C1. The number of benzene rings is 1. The summed E-state index contributed by atoms with van der Waals surface area (Å²) in [7, 11) is 1.72. The van der Waals surface area contributed by atoms with E-state index in [1.807, 2.05) is 6.07 Å². The molecule has 0 bridgehead atoms. The molecular formula is C14H20FNO. The van der Waals surface area contributed by atoms with Gasteiger partial charge >= 0.3 is 0 Å². The summed E-state index contributed by atoms with van der Waals surface area (Å²) >= 11 is 0. The predicted octanol–water partition coefficient (Wildman–Crippen LogP) is 2.70. The highest BCUT2D eigenvalue weighted by Gasteiger charge is 2.30. The molecule has 94 valence electrons. The Kier molecular flexibility index (Phi) is 4.13. The Morgan fingerprint density at radius 3 is 2.88 bits per heavy atom. The van der Waals surface area contributed by atoms with Crippen LogP contribution >= 0.6 is 0 Å². The van der Waals surface area contributed by atoms with Gasteiger partial charge in [-0.2, -0.15) is 0 Å². The van der Waals surface area contributed by atoms with Crippen molar-refractivity contribution in [1.29, 1.82) is 0 Å². The fraction of sp³-hybridized carbons (Fsp3) is 0.571. The standard InChI is InChI=1S/C14H20FNO/c1-10(17-2)9-16-14-7-12(8-14)11-4-3-5-13(15)6-11/h3-6,10,12,14,16H,7-9H2,1-2H3. The van der Waals surface area contributed by atoms with Crippen LogP contribution in [-0.4, -0.2) is 25.8 Å². The highest BCUT2D eigenvalue weighted by atomic mass is 19.1. The van der Waals surface area contributed by atoms with Crippen LogP contribution in [0.3, 0.4) is 0 Å². The first-order valence-corrected chi connectivity index (χ1v) is 6.20. The molecule has 1 unspecified atom stereocenters. The molecule has 0 saturated heterocycles. The third-order valence-electron chi connectivity index (χ3n) is 3.55. The third kappa shape index (κ3) is 3.27. The number of nitrogens with one attached hydrogen (secondary N) is 1. The number of rotatable bonds is 5. The fourth-order valence-electron chi connectivity index (χ4n) is 2.23. The third-order valence-corrected chi connectivity index (χ3v) is 3.55. The molecule has 2 nitrogen and oxygen atoms in total. The largest absolute Gasteiger partial charge is 0.380 e. The van der Waals surface area contributed by atoms with Gasteiger partial charge in [-0.3, -0.25) is 0 Å². The van der Waals surface area contributed by atoms with Crippen molar-refractivity contribution < 1.29 is 9.13 Å². The van der Waals surface area contributed by atoms with Crippen LogP contribution in [0.25, 0.3) is 0 Å². The zero-order valence-corrected chi connectivity index (χ0v) is 10.4. The zero-order chi connectivity index (χ0) is 12.3. The molecule has 17 heavy (non-hydrogen) atoms. The molecule has 3 heteroatoms. The van der Waals surface area contributed by atoms with E-state index in [1.165, 1.54) is 6.07 Å². The van der Waals surface area contributed by atoms with Crippen molar-refractivity contribution in [1.82, 2.24) is 5.32 Å². The van der Waals surface area contributed by atoms with Crippen LogP contribution in [0.5, 0.6) is 0 Å². The van der Waals surface area contributed by atoms with Gasteiger partial charge in [0, 0.05) is 19.7 Å². The van der Waals surface area contributed by atoms with Gasteiger partial charge in [0.2, 0.25) is 0 Å². The van der Waals surface area contributed by atoms with Crippen LogP contribution in [0.2, 0.25) is 0 Å². The minimum atomic E-state index is -0.132. The molecule has 1 aliphatic rings. The van der Waals surface area contributed by atoms with E-state index >= 15 is 0 Å². The van der Waals surface area contributed by atoms with Crippen molar-refractivity contribution in [3.05, 3.63) is 35.6 Å². The van der Waals surface area contributed by atoms with Crippen LogP contribution in [0.1, 0.15) is 31.2 Å². The minimum absolute atomic E-state index is 0.132. The maximum absolute atomic E-state index is 13.1. The van der Waals surface area contributed by atoms with E-state index in [9.17, 15) is 4.39 Å². The zero-order valence-electron chi connectivity index (χ0n) is 10.4. The van der Waals surface area contributed by atoms with E-state index in [1.54, 1.807) is 19.2 Å². The summed E-state index contributed by atoms with van der Waals surface area (Å²) < 4.78 is 18.2. The summed E-state index contributed by atoms with van der Waals surface area (Å²) in [4.78, 5) is 0. The van der Waals surface area contributed by atoms with Gasteiger partial charge < -0.3 is 10.1 Å². The predicted molar refractivity (Wildman–Crippen MR) is 66.6 cm³/mol. The Hall–Kier alpha value is -0.930. The molecule has 0 heterocycles. The molecule has 1 atom stereocenters. The quantitative estimate of drug-likeness (QED) is 0.850. The second kappa shape index (κ2) is 5.61. The van der Waals surface area contributed by atoms with Crippen molar-refractivity contribution in [2.45, 2.75) is 37.8 Å². The topological polar surface area (TPSA) is 21.3 Å². The Morgan fingerprint density at radius 1 is 1.47 bits per heavy atom. The molecule has 0 spiro atoms. The van der Waals surface area contributed by atoms with E-state index in [0.29, 0.717) is 12.0 Å². The molecule has 1 aromatic rings. The van der Waals surface area contributed by atoms with Crippen molar-refractivity contribution in [2.75, 3.05) is 13.7 Å². The molecule has 0 radical (unpaired) electrons. The van der Waals surface area contributed by atoms with E-state index < -0.39 is 0 Å².